The van der Waals surface area contributed by atoms with Crippen molar-refractivity contribution < 1.29 is 14.6 Å². The summed E-state index contributed by atoms with van der Waals surface area (Å²) in [6.07, 6.45) is 3.45. The maximum Gasteiger partial charge on any atom is 0.307 e. The average Bonchev–Trinajstić information content (AvgIpc) is 3.03. The molecule has 3 aromatic rings. The van der Waals surface area contributed by atoms with Crippen molar-refractivity contribution in [1.29, 1.82) is 0 Å². The molecule has 0 spiro atoms. The third kappa shape index (κ3) is 4.33. The van der Waals surface area contributed by atoms with Crippen molar-refractivity contribution >= 4 is 39.2 Å². The number of carboxylic acids is 1. The Labute approximate surface area is 149 Å². The molecule has 25 heavy (non-hydrogen) atoms. The minimum Gasteiger partial charge on any atom is -0.490 e. The van der Waals surface area contributed by atoms with Gasteiger partial charge in [-0.2, -0.15) is 0 Å². The molecule has 5 heteroatoms. The van der Waals surface area contributed by atoms with Crippen molar-refractivity contribution in [2.45, 2.75) is 6.42 Å². The summed E-state index contributed by atoms with van der Waals surface area (Å²) in [6, 6.07) is 15.3. The number of carbonyl (C=O) groups is 1. The van der Waals surface area contributed by atoms with Crippen molar-refractivity contribution in [1.82, 2.24) is 4.98 Å². The molecule has 0 amide bonds. The normalized spacial score (nSPS) is 11.4. The Kier molecular flexibility index (Phi) is 5.26. The number of fused-ring (bicyclic) bond motifs is 1. The third-order valence-electron chi connectivity index (χ3n) is 3.48. The Balaban J connectivity index is 1.98. The summed E-state index contributed by atoms with van der Waals surface area (Å²) >= 11 is 1.50. The lowest BCUT2D eigenvalue weighted by atomic mass is 10.1. The summed E-state index contributed by atoms with van der Waals surface area (Å²) in [5.74, 6) is -0.169. The quantitative estimate of drug-likeness (QED) is 0.617. The maximum atomic E-state index is 11.3. The van der Waals surface area contributed by atoms with E-state index in [1.807, 2.05) is 54.6 Å². The van der Waals surface area contributed by atoms with Crippen LogP contribution in [0.1, 0.15) is 17.0 Å². The zero-order chi connectivity index (χ0) is 17.6. The van der Waals surface area contributed by atoms with Crippen molar-refractivity contribution in [2.75, 3.05) is 6.61 Å². The fourth-order valence-electron chi connectivity index (χ4n) is 2.41. The van der Waals surface area contributed by atoms with Gasteiger partial charge >= 0.3 is 5.97 Å². The van der Waals surface area contributed by atoms with E-state index in [0.29, 0.717) is 17.9 Å². The molecule has 1 heterocycles. The molecule has 1 aromatic heterocycles. The molecule has 0 aliphatic heterocycles. The Morgan fingerprint density at radius 1 is 1.24 bits per heavy atom. The van der Waals surface area contributed by atoms with Crippen LogP contribution < -0.4 is 4.74 Å². The number of carboxylic acid groups (broad SMARTS) is 1. The molecule has 0 bridgehead atoms. The van der Waals surface area contributed by atoms with Gasteiger partial charge in [-0.15, -0.1) is 11.3 Å². The second kappa shape index (κ2) is 7.77. The molecule has 3 rings (SSSR count). The monoisotopic (exact) mass is 351 g/mol. The minimum atomic E-state index is -0.885. The molecular formula is C20H17NO3S. The predicted molar refractivity (Wildman–Crippen MR) is 102 cm³/mol. The number of hydrogen-bond donors (Lipinski definition) is 1. The number of thiazole rings is 1. The number of nitrogens with zero attached hydrogens (tertiary/aromatic N) is 1. The molecule has 0 unspecified atom stereocenters. The van der Waals surface area contributed by atoms with Crippen LogP contribution in [0.2, 0.25) is 0 Å². The van der Waals surface area contributed by atoms with Crippen LogP contribution >= 0.6 is 11.3 Å². The Morgan fingerprint density at radius 3 is 2.84 bits per heavy atom. The van der Waals surface area contributed by atoms with Gasteiger partial charge in [-0.05, 0) is 41.5 Å². The van der Waals surface area contributed by atoms with Gasteiger partial charge in [0.25, 0.3) is 0 Å². The van der Waals surface area contributed by atoms with Crippen LogP contribution in [0.3, 0.4) is 0 Å². The smallest absolute Gasteiger partial charge is 0.307 e. The molecular weight excluding hydrogens is 334 g/mol. The number of para-hydroxylation sites is 1. The molecule has 2 aromatic carbocycles. The second-order valence-corrected chi connectivity index (χ2v) is 6.43. The van der Waals surface area contributed by atoms with Crippen LogP contribution in [-0.4, -0.2) is 22.7 Å². The zero-order valence-electron chi connectivity index (χ0n) is 13.5. The minimum absolute atomic E-state index is 0.0857. The molecule has 0 fully saturated rings. The maximum absolute atomic E-state index is 11.3. The first kappa shape index (κ1) is 16.9. The van der Waals surface area contributed by atoms with E-state index in [0.717, 1.165) is 20.8 Å². The van der Waals surface area contributed by atoms with Crippen LogP contribution in [0.25, 0.3) is 21.9 Å². The van der Waals surface area contributed by atoms with E-state index in [1.54, 1.807) is 6.08 Å². The van der Waals surface area contributed by atoms with E-state index in [9.17, 15) is 9.90 Å². The van der Waals surface area contributed by atoms with Crippen molar-refractivity contribution in [3.8, 4) is 5.75 Å². The SMILES string of the molecule is C=CCOc1cccc(/C=C(\CC(=O)O)c2nc3ccccc3s2)c1. The number of aromatic nitrogens is 1. The first-order chi connectivity index (χ1) is 12.2. The van der Waals surface area contributed by atoms with Crippen LogP contribution in [-0.2, 0) is 4.79 Å². The van der Waals surface area contributed by atoms with Gasteiger partial charge in [-0.1, -0.05) is 36.9 Å². The Hall–Kier alpha value is -2.92. The first-order valence-electron chi connectivity index (χ1n) is 7.78. The second-order valence-electron chi connectivity index (χ2n) is 5.40. The highest BCUT2D eigenvalue weighted by molar-refractivity contribution is 7.19. The van der Waals surface area contributed by atoms with E-state index in [4.69, 9.17) is 4.74 Å². The van der Waals surface area contributed by atoms with Crippen molar-refractivity contribution in [3.63, 3.8) is 0 Å². The molecule has 0 atom stereocenters. The van der Waals surface area contributed by atoms with Crippen LogP contribution in [0.5, 0.6) is 5.75 Å². The summed E-state index contributed by atoms with van der Waals surface area (Å²) < 4.78 is 6.57. The van der Waals surface area contributed by atoms with Gasteiger partial charge in [-0.3, -0.25) is 4.79 Å². The Bertz CT molecular complexity index is 910. The summed E-state index contributed by atoms with van der Waals surface area (Å²) in [6.45, 7) is 4.05. The molecule has 0 aliphatic rings. The van der Waals surface area contributed by atoms with Crippen molar-refractivity contribution in [3.05, 3.63) is 71.8 Å². The molecule has 0 saturated heterocycles. The van der Waals surface area contributed by atoms with Crippen molar-refractivity contribution in [2.24, 2.45) is 0 Å². The highest BCUT2D eigenvalue weighted by atomic mass is 32.1. The summed E-state index contributed by atoms with van der Waals surface area (Å²) in [4.78, 5) is 15.9. The van der Waals surface area contributed by atoms with Gasteiger partial charge in [0.05, 0.1) is 16.6 Å². The van der Waals surface area contributed by atoms with E-state index in [-0.39, 0.29) is 6.42 Å². The molecule has 0 saturated carbocycles. The molecule has 4 nitrogen and oxygen atoms in total. The van der Waals surface area contributed by atoms with Crippen LogP contribution in [0.15, 0.2) is 61.2 Å². The fourth-order valence-corrected chi connectivity index (χ4v) is 3.39. The summed E-state index contributed by atoms with van der Waals surface area (Å²) in [5.41, 5.74) is 2.42. The average molecular weight is 351 g/mol. The van der Waals surface area contributed by atoms with Gasteiger partial charge in [0.1, 0.15) is 17.4 Å². The first-order valence-corrected chi connectivity index (χ1v) is 8.59. The topological polar surface area (TPSA) is 59.4 Å². The van der Waals surface area contributed by atoms with Gasteiger partial charge in [0.2, 0.25) is 0 Å². The van der Waals surface area contributed by atoms with Gasteiger partial charge in [-0.25, -0.2) is 4.98 Å². The lowest BCUT2D eigenvalue weighted by molar-refractivity contribution is -0.135. The van der Waals surface area contributed by atoms with Crippen LogP contribution in [0.4, 0.5) is 0 Å². The van der Waals surface area contributed by atoms with Crippen LogP contribution in [0, 0.1) is 0 Å². The van der Waals surface area contributed by atoms with E-state index < -0.39 is 5.97 Å². The molecule has 126 valence electrons. The molecule has 0 aliphatic carbocycles. The molecule has 1 N–H and O–H groups in total. The molecule has 0 radical (unpaired) electrons. The number of aliphatic carboxylic acids is 1. The Morgan fingerprint density at radius 2 is 2.08 bits per heavy atom. The summed E-state index contributed by atoms with van der Waals surface area (Å²) in [7, 11) is 0. The van der Waals surface area contributed by atoms with E-state index in [1.165, 1.54) is 11.3 Å². The van der Waals surface area contributed by atoms with Gasteiger partial charge in [0.15, 0.2) is 0 Å². The van der Waals surface area contributed by atoms with Gasteiger partial charge < -0.3 is 9.84 Å². The number of rotatable bonds is 7. The third-order valence-corrected chi connectivity index (χ3v) is 4.59. The zero-order valence-corrected chi connectivity index (χ0v) is 14.3. The lowest BCUT2D eigenvalue weighted by Gasteiger charge is -2.05. The predicted octanol–water partition coefficient (Wildman–Crippen LogP) is 4.88. The fraction of sp³-hybridized carbons (Fsp3) is 0.100. The number of benzene rings is 2. The number of ether oxygens (including phenoxy) is 1. The lowest BCUT2D eigenvalue weighted by Crippen LogP contribution is -1.97. The highest BCUT2D eigenvalue weighted by Gasteiger charge is 2.12. The summed E-state index contributed by atoms with van der Waals surface area (Å²) in [5, 5.41) is 9.99. The standard InChI is InChI=1S/C20H17NO3S/c1-2-10-24-16-7-5-6-14(12-16)11-15(13-19(22)23)20-21-17-8-3-4-9-18(17)25-20/h2-9,11-12H,1,10,13H2,(H,22,23)/b15-11+. The number of hydrogen-bond acceptors (Lipinski definition) is 4. The highest BCUT2D eigenvalue weighted by Crippen LogP contribution is 2.30. The van der Waals surface area contributed by atoms with E-state index in [2.05, 4.69) is 11.6 Å². The van der Waals surface area contributed by atoms with E-state index >= 15 is 0 Å². The largest absolute Gasteiger partial charge is 0.490 e. The van der Waals surface area contributed by atoms with Gasteiger partial charge in [0, 0.05) is 0 Å².